The van der Waals surface area contributed by atoms with Gasteiger partial charge in [-0.1, -0.05) is 19.4 Å². The summed E-state index contributed by atoms with van der Waals surface area (Å²) in [6, 6.07) is 7.09. The van der Waals surface area contributed by atoms with Crippen molar-refractivity contribution in [2.75, 3.05) is 52.4 Å². The SMILES string of the molecule is CCCc1c2nc(-c3cc(S(=O)(=O)N4CCN(CC(=O)N5CCCC5)CC4)cnc3OCC)[nH]c(=O)c2nn1Cc1ccccn1. The third-order valence-corrected chi connectivity index (χ3v) is 10.2. The van der Waals surface area contributed by atoms with Gasteiger partial charge in [-0.05, 0) is 44.4 Å². The Labute approximate surface area is 267 Å². The predicted molar refractivity (Wildman–Crippen MR) is 171 cm³/mol. The van der Waals surface area contributed by atoms with Gasteiger partial charge < -0.3 is 14.6 Å². The van der Waals surface area contributed by atoms with Crippen LogP contribution in [0.4, 0.5) is 0 Å². The predicted octanol–water partition coefficient (Wildman–Crippen LogP) is 1.90. The van der Waals surface area contributed by atoms with E-state index < -0.39 is 15.6 Å². The highest BCUT2D eigenvalue weighted by atomic mass is 32.2. The Hall–Kier alpha value is -4.21. The average Bonchev–Trinajstić information content (AvgIpc) is 3.72. The van der Waals surface area contributed by atoms with Crippen LogP contribution in [0.5, 0.6) is 5.88 Å². The number of aromatic nitrogens is 6. The van der Waals surface area contributed by atoms with Gasteiger partial charge in [0.05, 0.1) is 42.8 Å². The molecule has 244 valence electrons. The summed E-state index contributed by atoms with van der Waals surface area (Å²) in [4.78, 5) is 46.2. The maximum absolute atomic E-state index is 13.8. The molecule has 46 heavy (non-hydrogen) atoms. The van der Waals surface area contributed by atoms with E-state index in [0.717, 1.165) is 43.7 Å². The zero-order chi connectivity index (χ0) is 32.3. The largest absolute Gasteiger partial charge is 0.477 e. The molecule has 0 radical (unpaired) electrons. The molecule has 15 heteroatoms. The van der Waals surface area contributed by atoms with Gasteiger partial charge in [0.1, 0.15) is 16.2 Å². The molecule has 4 aromatic rings. The summed E-state index contributed by atoms with van der Waals surface area (Å²) in [6.45, 7) is 7.75. The van der Waals surface area contributed by atoms with Crippen LogP contribution in [0.3, 0.4) is 0 Å². The topological polar surface area (TPSA) is 160 Å². The van der Waals surface area contributed by atoms with Gasteiger partial charge in [-0.2, -0.15) is 9.40 Å². The summed E-state index contributed by atoms with van der Waals surface area (Å²) in [5.74, 6) is 0.398. The van der Waals surface area contributed by atoms with Gasteiger partial charge in [0.25, 0.3) is 5.56 Å². The van der Waals surface area contributed by atoms with E-state index in [-0.39, 0.29) is 53.3 Å². The minimum Gasteiger partial charge on any atom is -0.477 e. The van der Waals surface area contributed by atoms with E-state index in [2.05, 4.69) is 20.1 Å². The molecule has 0 spiro atoms. The van der Waals surface area contributed by atoms with Crippen molar-refractivity contribution in [3.63, 3.8) is 0 Å². The number of carbonyl (C=O) groups excluding carboxylic acids is 1. The average molecular weight is 650 g/mol. The quantitative estimate of drug-likeness (QED) is 0.254. The molecule has 0 aliphatic carbocycles. The lowest BCUT2D eigenvalue weighted by Crippen LogP contribution is -2.51. The molecule has 2 aliphatic rings. The van der Waals surface area contributed by atoms with Gasteiger partial charge in [-0.25, -0.2) is 18.4 Å². The van der Waals surface area contributed by atoms with E-state index in [1.807, 2.05) is 34.9 Å². The van der Waals surface area contributed by atoms with E-state index in [4.69, 9.17) is 9.72 Å². The Balaban J connectivity index is 1.30. The van der Waals surface area contributed by atoms with E-state index in [9.17, 15) is 18.0 Å². The molecule has 0 unspecified atom stereocenters. The van der Waals surface area contributed by atoms with Gasteiger partial charge in [0.15, 0.2) is 5.52 Å². The second-order valence-electron chi connectivity index (χ2n) is 11.5. The number of hydrogen-bond acceptors (Lipinski definition) is 10. The Bertz CT molecular complexity index is 1860. The lowest BCUT2D eigenvalue weighted by molar-refractivity contribution is -0.131. The second kappa shape index (κ2) is 13.6. The van der Waals surface area contributed by atoms with Crippen LogP contribution in [-0.4, -0.2) is 111 Å². The molecule has 1 amide bonds. The molecule has 2 saturated heterocycles. The molecule has 2 aliphatic heterocycles. The number of rotatable bonds is 11. The van der Waals surface area contributed by atoms with Crippen LogP contribution in [0.2, 0.25) is 0 Å². The smallest absolute Gasteiger partial charge is 0.279 e. The molecule has 6 heterocycles. The first-order valence-electron chi connectivity index (χ1n) is 15.8. The molecule has 1 N–H and O–H groups in total. The molecule has 6 rings (SSSR count). The van der Waals surface area contributed by atoms with Crippen molar-refractivity contribution < 1.29 is 17.9 Å². The van der Waals surface area contributed by atoms with Gasteiger partial charge in [0, 0.05) is 45.5 Å². The molecule has 0 bridgehead atoms. The number of piperazine rings is 1. The summed E-state index contributed by atoms with van der Waals surface area (Å²) in [5, 5.41) is 4.58. The Morgan fingerprint density at radius 3 is 2.50 bits per heavy atom. The number of carbonyl (C=O) groups is 1. The van der Waals surface area contributed by atoms with Crippen LogP contribution in [0.15, 0.2) is 46.3 Å². The van der Waals surface area contributed by atoms with E-state index in [1.54, 1.807) is 17.8 Å². The van der Waals surface area contributed by atoms with Crippen LogP contribution < -0.4 is 10.3 Å². The third kappa shape index (κ3) is 6.52. The number of H-pyrrole nitrogens is 1. The number of sulfonamides is 1. The van der Waals surface area contributed by atoms with Gasteiger partial charge in [-0.3, -0.25) is 24.2 Å². The number of ether oxygens (including phenoxy) is 1. The van der Waals surface area contributed by atoms with Crippen LogP contribution >= 0.6 is 0 Å². The maximum atomic E-state index is 13.8. The number of nitrogens with one attached hydrogen (secondary N) is 1. The summed E-state index contributed by atoms with van der Waals surface area (Å²) < 4.78 is 36.5. The second-order valence-corrected chi connectivity index (χ2v) is 13.4. The van der Waals surface area contributed by atoms with Crippen molar-refractivity contribution in [1.29, 1.82) is 0 Å². The summed E-state index contributed by atoms with van der Waals surface area (Å²) in [7, 11) is -3.94. The highest BCUT2D eigenvalue weighted by molar-refractivity contribution is 7.89. The number of amides is 1. The van der Waals surface area contributed by atoms with Crippen molar-refractivity contribution in [3.8, 4) is 17.3 Å². The monoisotopic (exact) mass is 649 g/mol. The van der Waals surface area contributed by atoms with E-state index in [0.29, 0.717) is 38.1 Å². The lowest BCUT2D eigenvalue weighted by Gasteiger charge is -2.34. The fraction of sp³-hybridized carbons (Fsp3) is 0.484. The molecule has 0 aromatic carbocycles. The number of nitrogens with zero attached hydrogens (tertiary/aromatic N) is 8. The zero-order valence-electron chi connectivity index (χ0n) is 26.2. The molecule has 0 saturated carbocycles. The zero-order valence-corrected chi connectivity index (χ0v) is 27.0. The Morgan fingerprint density at radius 1 is 1.02 bits per heavy atom. The molecule has 4 aromatic heterocycles. The van der Waals surface area contributed by atoms with Gasteiger partial charge in [0.2, 0.25) is 21.8 Å². The summed E-state index contributed by atoms with van der Waals surface area (Å²) in [6.07, 6.45) is 6.47. The highest BCUT2D eigenvalue weighted by Gasteiger charge is 2.31. The lowest BCUT2D eigenvalue weighted by atomic mass is 10.2. The summed E-state index contributed by atoms with van der Waals surface area (Å²) >= 11 is 0. The Morgan fingerprint density at radius 2 is 1.80 bits per heavy atom. The first kappa shape index (κ1) is 31.8. The molecule has 0 atom stereocenters. The van der Waals surface area contributed by atoms with Crippen molar-refractivity contribution in [1.82, 2.24) is 43.8 Å². The number of pyridine rings is 2. The molecule has 2 fully saturated rings. The van der Waals surface area contributed by atoms with Crippen LogP contribution in [0.25, 0.3) is 22.4 Å². The molecule has 14 nitrogen and oxygen atoms in total. The molecular formula is C31H39N9O5S. The van der Waals surface area contributed by atoms with Crippen LogP contribution in [0.1, 0.15) is 44.5 Å². The minimum absolute atomic E-state index is 0.0325. The van der Waals surface area contributed by atoms with Crippen molar-refractivity contribution in [3.05, 3.63) is 58.4 Å². The number of hydrogen-bond donors (Lipinski definition) is 1. The fourth-order valence-corrected chi connectivity index (χ4v) is 7.38. The number of fused-ring (bicyclic) bond motifs is 1. The Kier molecular flexibility index (Phi) is 9.42. The third-order valence-electron chi connectivity index (χ3n) is 8.37. The standard InChI is InChI=1S/C31H39N9O5S/c1-3-9-25-27-28(36-40(25)20-22-10-5-6-11-32-22)30(42)35-29(34-27)24-18-23(19-33-31(24)45-4-2)46(43,44)39-16-14-37(15-17-39)21-26(41)38-12-7-8-13-38/h5-6,10-11,18-19H,3-4,7-9,12-17,20-21H2,1-2H3,(H,34,35,42). The van der Waals surface area contributed by atoms with E-state index in [1.165, 1.54) is 16.6 Å². The van der Waals surface area contributed by atoms with Crippen LogP contribution in [-0.2, 0) is 27.8 Å². The number of aryl methyl sites for hydroxylation is 1. The van der Waals surface area contributed by atoms with E-state index >= 15 is 0 Å². The first-order chi connectivity index (χ1) is 22.3. The molecular weight excluding hydrogens is 610 g/mol. The fourth-order valence-electron chi connectivity index (χ4n) is 5.98. The highest BCUT2D eigenvalue weighted by Crippen LogP contribution is 2.30. The van der Waals surface area contributed by atoms with Crippen LogP contribution in [0, 0.1) is 0 Å². The van der Waals surface area contributed by atoms with Crippen molar-refractivity contribution >= 4 is 27.0 Å². The van der Waals surface area contributed by atoms with Gasteiger partial charge in [-0.15, -0.1) is 0 Å². The van der Waals surface area contributed by atoms with Gasteiger partial charge >= 0.3 is 0 Å². The normalized spacial score (nSPS) is 16.3. The minimum atomic E-state index is -3.94. The first-order valence-corrected chi connectivity index (χ1v) is 17.3. The van der Waals surface area contributed by atoms with Crippen molar-refractivity contribution in [2.24, 2.45) is 0 Å². The summed E-state index contributed by atoms with van der Waals surface area (Å²) in [5.41, 5.74) is 2.02. The maximum Gasteiger partial charge on any atom is 0.279 e. The van der Waals surface area contributed by atoms with Crippen molar-refractivity contribution in [2.45, 2.75) is 51.0 Å². The number of likely N-dealkylation sites (tertiary alicyclic amines) is 1. The number of aromatic amines is 1.